The molecular weight excluding hydrogens is 350 g/mol. The molecule has 28 heavy (non-hydrogen) atoms. The van der Waals surface area contributed by atoms with Crippen LogP contribution >= 0.6 is 0 Å². The van der Waals surface area contributed by atoms with Crippen molar-refractivity contribution in [3.63, 3.8) is 0 Å². The molecule has 0 aliphatic carbocycles. The van der Waals surface area contributed by atoms with Crippen LogP contribution in [0.25, 0.3) is 5.65 Å². The first-order valence-corrected chi connectivity index (χ1v) is 10.1. The van der Waals surface area contributed by atoms with Gasteiger partial charge in [-0.25, -0.2) is 4.98 Å². The number of aryl methyl sites for hydroxylation is 2. The Kier molecular flexibility index (Phi) is 6.69. The number of pyridine rings is 1. The van der Waals surface area contributed by atoms with Crippen molar-refractivity contribution in [1.29, 1.82) is 0 Å². The molecule has 0 saturated carbocycles. The van der Waals surface area contributed by atoms with E-state index in [-0.39, 0.29) is 5.91 Å². The Hall–Kier alpha value is -2.82. The van der Waals surface area contributed by atoms with Gasteiger partial charge in [-0.05, 0) is 56.2 Å². The molecule has 148 valence electrons. The summed E-state index contributed by atoms with van der Waals surface area (Å²) in [6, 6.07) is 11.2. The Morgan fingerprint density at radius 1 is 1.07 bits per heavy atom. The second-order valence-electron chi connectivity index (χ2n) is 7.03. The lowest BCUT2D eigenvalue weighted by atomic mass is 10.2. The van der Waals surface area contributed by atoms with Crippen LogP contribution in [0.4, 0.5) is 5.69 Å². The number of hydrogen-bond acceptors (Lipinski definition) is 3. The van der Waals surface area contributed by atoms with Gasteiger partial charge in [-0.2, -0.15) is 0 Å². The van der Waals surface area contributed by atoms with Gasteiger partial charge in [-0.1, -0.05) is 33.1 Å². The number of fused-ring (bicyclic) bond motifs is 1. The number of imidazole rings is 1. The average molecular weight is 380 g/mol. The Labute approximate surface area is 166 Å². The van der Waals surface area contributed by atoms with Crippen LogP contribution in [0.15, 0.2) is 42.6 Å². The maximum Gasteiger partial charge on any atom is 0.257 e. The van der Waals surface area contributed by atoms with Crippen LogP contribution in [0.1, 0.15) is 61.3 Å². The minimum atomic E-state index is -0.138. The molecule has 5 nitrogen and oxygen atoms in total. The number of anilines is 1. The third kappa shape index (κ3) is 4.71. The predicted octanol–water partition coefficient (Wildman–Crippen LogP) is 5.42. The normalized spacial score (nSPS) is 11.0. The smallest absolute Gasteiger partial charge is 0.257 e. The highest BCUT2D eigenvalue weighted by atomic mass is 16.5. The van der Waals surface area contributed by atoms with E-state index in [0.717, 1.165) is 47.9 Å². The predicted molar refractivity (Wildman–Crippen MR) is 113 cm³/mol. The first-order valence-electron chi connectivity index (χ1n) is 10.1. The molecule has 1 amide bonds. The zero-order valence-corrected chi connectivity index (χ0v) is 17.0. The number of rotatable bonds is 9. The number of ether oxygens (including phenoxy) is 1. The molecule has 0 fully saturated rings. The highest BCUT2D eigenvalue weighted by molar-refractivity contribution is 6.04. The number of benzene rings is 1. The molecule has 5 heteroatoms. The molecule has 0 bridgehead atoms. The summed E-state index contributed by atoms with van der Waals surface area (Å²) in [7, 11) is 0. The fourth-order valence-electron chi connectivity index (χ4n) is 3.24. The first kappa shape index (κ1) is 19.9. The van der Waals surface area contributed by atoms with Crippen molar-refractivity contribution in [2.24, 2.45) is 0 Å². The summed E-state index contributed by atoms with van der Waals surface area (Å²) >= 11 is 0. The molecule has 1 N–H and O–H groups in total. The Bertz CT molecular complexity index is 929. The van der Waals surface area contributed by atoms with Crippen LogP contribution in [-0.2, 0) is 6.42 Å². The number of unbranched alkanes of at least 4 members (excludes halogenated alkanes) is 3. The van der Waals surface area contributed by atoms with Gasteiger partial charge in [0.2, 0.25) is 0 Å². The highest BCUT2D eigenvalue weighted by Gasteiger charge is 2.11. The molecule has 2 aromatic heterocycles. The van der Waals surface area contributed by atoms with Crippen molar-refractivity contribution in [2.45, 2.75) is 52.9 Å². The standard InChI is InChI=1S/C23H29N3O2/c1-4-6-7-8-15-28-20-12-10-19(11-13-20)24-23(27)18-9-14-22-25-21(5-2)17(3)26(22)16-18/h9-14,16H,4-8,15H2,1-3H3,(H,24,27). The van der Waals surface area contributed by atoms with Gasteiger partial charge in [0.05, 0.1) is 17.9 Å². The van der Waals surface area contributed by atoms with Crippen LogP contribution in [0, 0.1) is 6.92 Å². The van der Waals surface area contributed by atoms with Crippen LogP contribution in [0.5, 0.6) is 5.75 Å². The summed E-state index contributed by atoms with van der Waals surface area (Å²) in [5.74, 6) is 0.693. The number of amides is 1. The quantitative estimate of drug-likeness (QED) is 0.505. The van der Waals surface area contributed by atoms with E-state index in [1.165, 1.54) is 19.3 Å². The maximum absolute atomic E-state index is 12.6. The fraction of sp³-hybridized carbons (Fsp3) is 0.391. The van der Waals surface area contributed by atoms with E-state index in [4.69, 9.17) is 4.74 Å². The topological polar surface area (TPSA) is 55.6 Å². The van der Waals surface area contributed by atoms with Gasteiger partial charge in [0.1, 0.15) is 11.4 Å². The molecule has 0 atom stereocenters. The monoisotopic (exact) mass is 379 g/mol. The van der Waals surface area contributed by atoms with Crippen LogP contribution in [-0.4, -0.2) is 21.9 Å². The number of aromatic nitrogens is 2. The molecule has 2 heterocycles. The third-order valence-corrected chi connectivity index (χ3v) is 4.93. The van der Waals surface area contributed by atoms with E-state index in [1.54, 1.807) is 0 Å². The molecule has 0 aliphatic heterocycles. The van der Waals surface area contributed by atoms with E-state index in [2.05, 4.69) is 24.1 Å². The number of nitrogens with zero attached hydrogens (tertiary/aromatic N) is 2. The average Bonchev–Trinajstić information content (AvgIpc) is 3.04. The van der Waals surface area contributed by atoms with Crippen LogP contribution < -0.4 is 10.1 Å². The largest absolute Gasteiger partial charge is 0.494 e. The summed E-state index contributed by atoms with van der Waals surface area (Å²) in [6.07, 6.45) is 7.47. The molecule has 0 spiro atoms. The first-order chi connectivity index (χ1) is 13.6. The highest BCUT2D eigenvalue weighted by Crippen LogP contribution is 2.18. The fourth-order valence-corrected chi connectivity index (χ4v) is 3.24. The van der Waals surface area contributed by atoms with Gasteiger partial charge in [-0.15, -0.1) is 0 Å². The van der Waals surface area contributed by atoms with Crippen molar-refractivity contribution in [1.82, 2.24) is 9.38 Å². The maximum atomic E-state index is 12.6. The SMILES string of the molecule is CCCCCCOc1ccc(NC(=O)c2ccc3nc(CC)c(C)n3c2)cc1. The summed E-state index contributed by atoms with van der Waals surface area (Å²) < 4.78 is 7.72. The van der Waals surface area contributed by atoms with E-state index < -0.39 is 0 Å². The number of nitrogens with one attached hydrogen (secondary N) is 1. The van der Waals surface area contributed by atoms with Gasteiger partial charge in [-0.3, -0.25) is 4.79 Å². The van der Waals surface area contributed by atoms with Crippen molar-refractivity contribution < 1.29 is 9.53 Å². The summed E-state index contributed by atoms with van der Waals surface area (Å²) in [5, 5.41) is 2.95. The Morgan fingerprint density at radius 2 is 1.86 bits per heavy atom. The van der Waals surface area contributed by atoms with Gasteiger partial charge in [0.15, 0.2) is 0 Å². The Balaban J connectivity index is 1.61. The molecule has 3 aromatic rings. The summed E-state index contributed by atoms with van der Waals surface area (Å²) in [5.41, 5.74) is 4.36. The van der Waals surface area contributed by atoms with E-state index in [9.17, 15) is 4.79 Å². The molecule has 0 saturated heterocycles. The van der Waals surface area contributed by atoms with Crippen molar-refractivity contribution >= 4 is 17.2 Å². The molecule has 0 aliphatic rings. The lowest BCUT2D eigenvalue weighted by Crippen LogP contribution is -2.12. The minimum absolute atomic E-state index is 0.138. The second kappa shape index (κ2) is 9.40. The molecule has 0 unspecified atom stereocenters. The lowest BCUT2D eigenvalue weighted by Gasteiger charge is -2.09. The van der Waals surface area contributed by atoms with Crippen LogP contribution in [0.3, 0.4) is 0 Å². The van der Waals surface area contributed by atoms with Gasteiger partial charge < -0.3 is 14.5 Å². The molecule has 3 rings (SSSR count). The Morgan fingerprint density at radius 3 is 2.57 bits per heavy atom. The van der Waals surface area contributed by atoms with Gasteiger partial charge in [0, 0.05) is 17.6 Å². The molecule has 0 radical (unpaired) electrons. The van der Waals surface area contributed by atoms with Gasteiger partial charge >= 0.3 is 0 Å². The second-order valence-corrected chi connectivity index (χ2v) is 7.03. The zero-order valence-electron chi connectivity index (χ0n) is 17.0. The molecule has 1 aromatic carbocycles. The summed E-state index contributed by atoms with van der Waals surface area (Å²) in [6.45, 7) is 7.04. The van der Waals surface area contributed by atoms with Crippen LogP contribution in [0.2, 0.25) is 0 Å². The van der Waals surface area contributed by atoms with E-state index in [0.29, 0.717) is 5.56 Å². The van der Waals surface area contributed by atoms with Crippen molar-refractivity contribution in [3.8, 4) is 5.75 Å². The van der Waals surface area contributed by atoms with Crippen molar-refractivity contribution in [2.75, 3.05) is 11.9 Å². The number of hydrogen-bond donors (Lipinski definition) is 1. The van der Waals surface area contributed by atoms with Gasteiger partial charge in [0.25, 0.3) is 5.91 Å². The third-order valence-electron chi connectivity index (χ3n) is 4.93. The number of carbonyl (C=O) groups excluding carboxylic acids is 1. The molecular formula is C23H29N3O2. The lowest BCUT2D eigenvalue weighted by molar-refractivity contribution is 0.102. The van der Waals surface area contributed by atoms with E-state index >= 15 is 0 Å². The number of carbonyl (C=O) groups is 1. The summed E-state index contributed by atoms with van der Waals surface area (Å²) in [4.78, 5) is 17.2. The zero-order chi connectivity index (χ0) is 19.9. The minimum Gasteiger partial charge on any atom is -0.494 e. The van der Waals surface area contributed by atoms with Crippen molar-refractivity contribution in [3.05, 3.63) is 59.5 Å². The van der Waals surface area contributed by atoms with E-state index in [1.807, 2.05) is 53.9 Å².